The Morgan fingerprint density at radius 1 is 1.18 bits per heavy atom. The molecule has 0 aromatic carbocycles. The van der Waals surface area contributed by atoms with Gasteiger partial charge in [-0.1, -0.05) is 26.7 Å². The number of nitrogens with one attached hydrogen (secondary N) is 1. The van der Waals surface area contributed by atoms with E-state index in [-0.39, 0.29) is 0 Å². The number of rotatable bonds is 7. The highest BCUT2D eigenvalue weighted by molar-refractivity contribution is 4.81. The summed E-state index contributed by atoms with van der Waals surface area (Å²) in [4.78, 5) is 2.60. The van der Waals surface area contributed by atoms with Crippen LogP contribution in [0.2, 0.25) is 0 Å². The van der Waals surface area contributed by atoms with Crippen LogP contribution in [0.5, 0.6) is 0 Å². The molecule has 1 aliphatic heterocycles. The Hall–Kier alpha value is -0.0800. The SMILES string of the molecule is CCCCC(CC)NC1CCN(C(C)C)CC1. The maximum Gasteiger partial charge on any atom is 0.00940 e. The molecule has 0 bridgehead atoms. The summed E-state index contributed by atoms with van der Waals surface area (Å²) in [6.45, 7) is 11.8. The van der Waals surface area contributed by atoms with E-state index >= 15 is 0 Å². The Morgan fingerprint density at radius 2 is 1.82 bits per heavy atom. The summed E-state index contributed by atoms with van der Waals surface area (Å²) < 4.78 is 0. The summed E-state index contributed by atoms with van der Waals surface area (Å²) in [6, 6.07) is 2.25. The minimum Gasteiger partial charge on any atom is -0.311 e. The third-order valence-electron chi connectivity index (χ3n) is 4.13. The maximum absolute atomic E-state index is 3.87. The Morgan fingerprint density at radius 3 is 2.29 bits per heavy atom. The number of unbranched alkanes of at least 4 members (excludes halogenated alkanes) is 1. The van der Waals surface area contributed by atoms with Crippen LogP contribution in [-0.4, -0.2) is 36.1 Å². The van der Waals surface area contributed by atoms with Crippen LogP contribution in [0.25, 0.3) is 0 Å². The van der Waals surface area contributed by atoms with Gasteiger partial charge in [0.2, 0.25) is 0 Å². The summed E-state index contributed by atoms with van der Waals surface area (Å²) in [5, 5.41) is 3.87. The van der Waals surface area contributed by atoms with Crippen LogP contribution >= 0.6 is 0 Å². The van der Waals surface area contributed by atoms with Gasteiger partial charge in [0.15, 0.2) is 0 Å². The molecule has 0 aliphatic carbocycles. The van der Waals surface area contributed by atoms with Crippen molar-refractivity contribution in [3.8, 4) is 0 Å². The standard InChI is InChI=1S/C15H32N2/c1-5-7-8-14(6-2)16-15-9-11-17(12-10-15)13(3)4/h13-16H,5-12H2,1-4H3. The molecule has 102 valence electrons. The molecular weight excluding hydrogens is 208 g/mol. The monoisotopic (exact) mass is 240 g/mol. The molecule has 1 aliphatic rings. The molecule has 2 heteroatoms. The lowest BCUT2D eigenvalue weighted by Crippen LogP contribution is -2.47. The first kappa shape index (κ1) is 15.0. The van der Waals surface area contributed by atoms with Crippen molar-refractivity contribution >= 4 is 0 Å². The molecule has 0 aromatic heterocycles. The molecule has 0 saturated carbocycles. The molecule has 1 atom stereocenters. The van der Waals surface area contributed by atoms with Gasteiger partial charge in [0.25, 0.3) is 0 Å². The second-order valence-electron chi connectivity index (χ2n) is 5.82. The second kappa shape index (κ2) is 8.10. The first-order chi connectivity index (χ1) is 8.17. The third kappa shape index (κ3) is 5.39. The van der Waals surface area contributed by atoms with Crippen molar-refractivity contribution in [3.63, 3.8) is 0 Å². The van der Waals surface area contributed by atoms with Crippen LogP contribution in [0.4, 0.5) is 0 Å². The topological polar surface area (TPSA) is 15.3 Å². The Kier molecular flexibility index (Phi) is 7.14. The van der Waals surface area contributed by atoms with E-state index in [0.717, 1.165) is 18.1 Å². The molecule has 1 saturated heterocycles. The van der Waals surface area contributed by atoms with Gasteiger partial charge in [-0.25, -0.2) is 0 Å². The zero-order chi connectivity index (χ0) is 12.7. The lowest BCUT2D eigenvalue weighted by Gasteiger charge is -2.36. The van der Waals surface area contributed by atoms with Crippen LogP contribution in [0.1, 0.15) is 66.2 Å². The first-order valence-electron chi connectivity index (χ1n) is 7.67. The molecule has 1 fully saturated rings. The van der Waals surface area contributed by atoms with E-state index in [1.807, 2.05) is 0 Å². The highest BCUT2D eigenvalue weighted by Crippen LogP contribution is 2.15. The van der Waals surface area contributed by atoms with Crippen molar-refractivity contribution in [2.45, 2.75) is 84.3 Å². The quantitative estimate of drug-likeness (QED) is 0.733. The van der Waals surface area contributed by atoms with E-state index in [0.29, 0.717) is 0 Å². The van der Waals surface area contributed by atoms with Gasteiger partial charge in [0.05, 0.1) is 0 Å². The van der Waals surface area contributed by atoms with Gasteiger partial charge in [-0.2, -0.15) is 0 Å². The molecule has 0 spiro atoms. The number of hydrogen-bond donors (Lipinski definition) is 1. The van der Waals surface area contributed by atoms with E-state index in [9.17, 15) is 0 Å². The summed E-state index contributed by atoms with van der Waals surface area (Å²) >= 11 is 0. The normalized spacial score (nSPS) is 21.0. The predicted molar refractivity (Wildman–Crippen MR) is 76.5 cm³/mol. The van der Waals surface area contributed by atoms with E-state index in [2.05, 4.69) is 37.9 Å². The third-order valence-corrected chi connectivity index (χ3v) is 4.13. The largest absolute Gasteiger partial charge is 0.311 e. The van der Waals surface area contributed by atoms with Crippen LogP contribution in [0.3, 0.4) is 0 Å². The van der Waals surface area contributed by atoms with Crippen molar-refractivity contribution in [2.75, 3.05) is 13.1 Å². The van der Waals surface area contributed by atoms with Gasteiger partial charge in [-0.05, 0) is 52.6 Å². The van der Waals surface area contributed by atoms with Crippen LogP contribution in [0.15, 0.2) is 0 Å². The fourth-order valence-electron chi connectivity index (χ4n) is 2.77. The second-order valence-corrected chi connectivity index (χ2v) is 5.82. The van der Waals surface area contributed by atoms with Crippen LogP contribution in [0, 0.1) is 0 Å². The fourth-order valence-corrected chi connectivity index (χ4v) is 2.77. The average Bonchev–Trinajstić information content (AvgIpc) is 2.35. The zero-order valence-electron chi connectivity index (χ0n) is 12.3. The molecule has 0 aromatic rings. The highest BCUT2D eigenvalue weighted by atomic mass is 15.2. The smallest absolute Gasteiger partial charge is 0.00940 e. The number of piperidine rings is 1. The Labute approximate surface area is 108 Å². The Balaban J connectivity index is 2.23. The molecule has 1 unspecified atom stereocenters. The van der Waals surface area contributed by atoms with E-state index in [1.54, 1.807) is 0 Å². The highest BCUT2D eigenvalue weighted by Gasteiger charge is 2.22. The van der Waals surface area contributed by atoms with Gasteiger partial charge >= 0.3 is 0 Å². The van der Waals surface area contributed by atoms with Crippen molar-refractivity contribution in [1.29, 1.82) is 0 Å². The summed E-state index contributed by atoms with van der Waals surface area (Å²) in [5.74, 6) is 0. The first-order valence-corrected chi connectivity index (χ1v) is 7.67. The molecule has 0 amide bonds. The summed E-state index contributed by atoms with van der Waals surface area (Å²) in [7, 11) is 0. The van der Waals surface area contributed by atoms with Gasteiger partial charge in [0.1, 0.15) is 0 Å². The van der Waals surface area contributed by atoms with Crippen molar-refractivity contribution in [1.82, 2.24) is 10.2 Å². The summed E-state index contributed by atoms with van der Waals surface area (Å²) in [6.07, 6.45) is 8.00. The molecule has 1 heterocycles. The lowest BCUT2D eigenvalue weighted by atomic mass is 10.00. The maximum atomic E-state index is 3.87. The van der Waals surface area contributed by atoms with Gasteiger partial charge in [-0.3, -0.25) is 0 Å². The van der Waals surface area contributed by atoms with Gasteiger partial charge in [0, 0.05) is 18.1 Å². The van der Waals surface area contributed by atoms with Crippen LogP contribution in [-0.2, 0) is 0 Å². The van der Waals surface area contributed by atoms with Gasteiger partial charge in [-0.15, -0.1) is 0 Å². The number of likely N-dealkylation sites (tertiary alicyclic amines) is 1. The van der Waals surface area contributed by atoms with E-state index in [1.165, 1.54) is 51.6 Å². The van der Waals surface area contributed by atoms with Crippen LogP contribution < -0.4 is 5.32 Å². The molecule has 2 nitrogen and oxygen atoms in total. The molecular formula is C15H32N2. The minimum absolute atomic E-state index is 0.720. The van der Waals surface area contributed by atoms with Gasteiger partial charge < -0.3 is 10.2 Å². The number of nitrogens with zero attached hydrogens (tertiary/aromatic N) is 1. The van der Waals surface area contributed by atoms with Crippen molar-refractivity contribution in [3.05, 3.63) is 0 Å². The predicted octanol–water partition coefficient (Wildman–Crippen LogP) is 3.42. The molecule has 17 heavy (non-hydrogen) atoms. The zero-order valence-corrected chi connectivity index (χ0v) is 12.3. The lowest BCUT2D eigenvalue weighted by molar-refractivity contribution is 0.155. The Bertz CT molecular complexity index is 183. The average molecular weight is 240 g/mol. The summed E-state index contributed by atoms with van der Waals surface area (Å²) in [5.41, 5.74) is 0. The molecule has 0 radical (unpaired) electrons. The molecule has 1 N–H and O–H groups in total. The van der Waals surface area contributed by atoms with E-state index in [4.69, 9.17) is 0 Å². The van der Waals surface area contributed by atoms with E-state index < -0.39 is 0 Å². The number of hydrogen-bond acceptors (Lipinski definition) is 2. The van der Waals surface area contributed by atoms with Crippen molar-refractivity contribution < 1.29 is 0 Å². The fraction of sp³-hybridized carbons (Fsp3) is 1.00. The molecule has 1 rings (SSSR count). The van der Waals surface area contributed by atoms with Crippen molar-refractivity contribution in [2.24, 2.45) is 0 Å². The minimum atomic E-state index is 0.720.